The fourth-order valence-electron chi connectivity index (χ4n) is 7.94. The van der Waals surface area contributed by atoms with Crippen LogP contribution in [0.5, 0.6) is 28.7 Å². The van der Waals surface area contributed by atoms with E-state index in [2.05, 4.69) is 15.9 Å². The number of nitrogens with zero attached hydrogens (tertiary/aromatic N) is 3. The first-order chi connectivity index (χ1) is 21.7. The second-order valence-electron chi connectivity index (χ2n) is 12.1. The van der Waals surface area contributed by atoms with Gasteiger partial charge in [-0.25, -0.2) is 4.79 Å². The quantitative estimate of drug-likeness (QED) is 0.316. The van der Waals surface area contributed by atoms with Crippen molar-refractivity contribution in [1.82, 2.24) is 9.80 Å². The molecule has 0 aromatic heterocycles. The molecule has 1 saturated heterocycles. The lowest BCUT2D eigenvalue weighted by Crippen LogP contribution is -2.68. The van der Waals surface area contributed by atoms with Crippen LogP contribution < -0.4 is 14.2 Å². The summed E-state index contributed by atoms with van der Waals surface area (Å²) in [5, 5.41) is 33.9. The molecule has 2 N–H and O–H groups in total. The number of phenolic OH excluding ortho intramolecular Hbond substituents is 2. The summed E-state index contributed by atoms with van der Waals surface area (Å²) < 4.78 is 23.3. The number of ether oxygens (including phenoxy) is 4. The van der Waals surface area contributed by atoms with Crippen molar-refractivity contribution in [2.75, 3.05) is 27.6 Å². The van der Waals surface area contributed by atoms with E-state index in [1.807, 2.05) is 50.4 Å². The number of benzene rings is 3. The molecular weight excluding hydrogens is 574 g/mol. The molecule has 232 valence electrons. The van der Waals surface area contributed by atoms with E-state index in [0.717, 1.165) is 22.3 Å². The predicted molar refractivity (Wildman–Crippen MR) is 164 cm³/mol. The van der Waals surface area contributed by atoms with Crippen molar-refractivity contribution < 1.29 is 34.0 Å². The summed E-state index contributed by atoms with van der Waals surface area (Å²) in [5.41, 5.74) is 5.31. The van der Waals surface area contributed by atoms with Gasteiger partial charge < -0.3 is 29.2 Å². The summed E-state index contributed by atoms with van der Waals surface area (Å²) in [5.74, 6) is 1.03. The molecule has 45 heavy (non-hydrogen) atoms. The van der Waals surface area contributed by atoms with E-state index in [0.29, 0.717) is 46.8 Å². The highest BCUT2D eigenvalue weighted by molar-refractivity contribution is 5.87. The average Bonchev–Trinajstić information content (AvgIpc) is 3.53. The maximum Gasteiger partial charge on any atom is 0.330 e. The third-order valence-electron chi connectivity index (χ3n) is 9.89. The van der Waals surface area contributed by atoms with Crippen LogP contribution in [-0.2, 0) is 22.4 Å². The molecule has 7 rings (SSSR count). The number of hydrogen-bond donors (Lipinski definition) is 2. The number of likely N-dealkylation sites (N-methyl/N-ethyl adjacent to an activating group) is 1. The molecule has 10 heteroatoms. The topological polar surface area (TPSA) is 125 Å². The van der Waals surface area contributed by atoms with Gasteiger partial charge in [-0.3, -0.25) is 9.80 Å². The van der Waals surface area contributed by atoms with E-state index in [9.17, 15) is 20.3 Å². The van der Waals surface area contributed by atoms with Crippen molar-refractivity contribution >= 4 is 12.0 Å². The Labute approximate surface area is 261 Å². The molecule has 10 nitrogen and oxygen atoms in total. The molecule has 3 aromatic rings. The SMILES string of the molecule is COc1c(C)cc2c(c1O)[C@@H]1C3Cc4c(O)c(C)c5c(c4[C@H](COC(=O)/C=C/c4ccccc4)N3[C@@H](C#N)[C@H](C2)N1C)OCO5. The molecule has 5 atom stereocenters. The zero-order chi connectivity index (χ0) is 31.6. The summed E-state index contributed by atoms with van der Waals surface area (Å²) in [7, 11) is 3.52. The Morgan fingerprint density at radius 3 is 2.58 bits per heavy atom. The predicted octanol–water partition coefficient (Wildman–Crippen LogP) is 4.48. The minimum atomic E-state index is -0.630. The number of nitriles is 1. The van der Waals surface area contributed by atoms with E-state index in [1.165, 1.54) is 6.08 Å². The highest BCUT2D eigenvalue weighted by Crippen LogP contribution is 2.58. The van der Waals surface area contributed by atoms with Crippen LogP contribution in [0.15, 0.2) is 42.5 Å². The zero-order valence-corrected chi connectivity index (χ0v) is 25.6. The van der Waals surface area contributed by atoms with E-state index in [4.69, 9.17) is 18.9 Å². The van der Waals surface area contributed by atoms with Crippen LogP contribution in [0.1, 0.15) is 51.0 Å². The molecule has 4 aliphatic rings. The van der Waals surface area contributed by atoms with Crippen LogP contribution in [0.2, 0.25) is 0 Å². The molecule has 0 radical (unpaired) electrons. The molecule has 0 spiro atoms. The van der Waals surface area contributed by atoms with Crippen LogP contribution in [0.3, 0.4) is 0 Å². The van der Waals surface area contributed by atoms with Gasteiger partial charge in [0.05, 0.1) is 25.3 Å². The Morgan fingerprint density at radius 2 is 1.84 bits per heavy atom. The van der Waals surface area contributed by atoms with E-state index < -0.39 is 18.1 Å². The van der Waals surface area contributed by atoms with Gasteiger partial charge in [0.1, 0.15) is 18.4 Å². The van der Waals surface area contributed by atoms with Crippen molar-refractivity contribution in [2.45, 2.75) is 56.9 Å². The lowest BCUT2D eigenvalue weighted by atomic mass is 9.71. The maximum atomic E-state index is 13.0. The lowest BCUT2D eigenvalue weighted by molar-refractivity contribution is -0.143. The summed E-state index contributed by atoms with van der Waals surface area (Å²) in [6, 6.07) is 11.9. The number of methoxy groups -OCH3 is 1. The Bertz CT molecular complexity index is 1770. The van der Waals surface area contributed by atoms with Crippen molar-refractivity contribution in [2.24, 2.45) is 0 Å². The van der Waals surface area contributed by atoms with Crippen molar-refractivity contribution in [3.8, 4) is 34.8 Å². The highest BCUT2D eigenvalue weighted by Gasteiger charge is 2.57. The second kappa shape index (κ2) is 11.0. The van der Waals surface area contributed by atoms with Crippen LogP contribution in [0, 0.1) is 25.2 Å². The van der Waals surface area contributed by atoms with Crippen molar-refractivity contribution in [3.63, 3.8) is 0 Å². The summed E-state index contributed by atoms with van der Waals surface area (Å²) in [6.45, 7) is 3.60. The third-order valence-corrected chi connectivity index (χ3v) is 9.89. The normalized spacial score (nSPS) is 24.8. The Hall–Kier alpha value is -4.72. The van der Waals surface area contributed by atoms with Gasteiger partial charge in [-0.15, -0.1) is 0 Å². The Morgan fingerprint density at radius 1 is 1.09 bits per heavy atom. The number of carbonyl (C=O) groups is 1. The molecule has 0 saturated carbocycles. The van der Waals surface area contributed by atoms with Gasteiger partial charge in [0.25, 0.3) is 0 Å². The summed E-state index contributed by atoms with van der Waals surface area (Å²) >= 11 is 0. The maximum absolute atomic E-state index is 13.0. The molecule has 2 bridgehead atoms. The molecule has 3 aromatic carbocycles. The standard InChI is InChI=1S/C35H35N3O7/c1-18-12-21-13-23-25(15-36)38-24(30(37(23)3)28(21)32(41)33(18)42-4)14-22-29(35-34(44-17-45-35)19(2)31(22)40)26(38)16-43-27(39)11-10-20-8-6-5-7-9-20/h5-12,23-26,30,40-41H,13-14,16-17H2,1-4H3/b11-10+/t23-,24?,25-,26-,30-/m0/s1. The van der Waals surface area contributed by atoms with Gasteiger partial charge in [0.15, 0.2) is 23.0 Å². The zero-order valence-electron chi connectivity index (χ0n) is 25.6. The van der Waals surface area contributed by atoms with Gasteiger partial charge in [-0.2, -0.15) is 5.26 Å². The largest absolute Gasteiger partial charge is 0.507 e. The van der Waals surface area contributed by atoms with Crippen molar-refractivity contribution in [3.05, 3.63) is 81.4 Å². The number of fused-ring (bicyclic) bond motifs is 9. The van der Waals surface area contributed by atoms with Gasteiger partial charge in [0.2, 0.25) is 6.79 Å². The van der Waals surface area contributed by atoms with Crippen LogP contribution in [-0.4, -0.2) is 71.7 Å². The van der Waals surface area contributed by atoms with E-state index in [1.54, 1.807) is 20.1 Å². The average molecular weight is 610 g/mol. The van der Waals surface area contributed by atoms with Crippen LogP contribution in [0.25, 0.3) is 6.08 Å². The summed E-state index contributed by atoms with van der Waals surface area (Å²) in [4.78, 5) is 17.3. The number of phenols is 2. The van der Waals surface area contributed by atoms with Gasteiger partial charge in [-0.1, -0.05) is 36.4 Å². The lowest BCUT2D eigenvalue weighted by Gasteiger charge is -2.59. The number of carbonyl (C=O) groups excluding carboxylic acids is 1. The van der Waals surface area contributed by atoms with E-state index in [-0.39, 0.29) is 43.0 Å². The van der Waals surface area contributed by atoms with E-state index >= 15 is 0 Å². The Balaban J connectivity index is 1.36. The number of hydrogen-bond acceptors (Lipinski definition) is 10. The first-order valence-electron chi connectivity index (χ1n) is 15.1. The first-order valence-corrected chi connectivity index (χ1v) is 15.1. The highest BCUT2D eigenvalue weighted by atomic mass is 16.7. The van der Waals surface area contributed by atoms with Gasteiger partial charge >= 0.3 is 5.97 Å². The fraction of sp³-hybridized carbons (Fsp3) is 0.371. The van der Waals surface area contributed by atoms with Crippen LogP contribution >= 0.6 is 0 Å². The molecule has 4 aliphatic heterocycles. The number of aryl methyl sites for hydroxylation is 1. The molecule has 1 fully saturated rings. The van der Waals surface area contributed by atoms with Crippen molar-refractivity contribution in [1.29, 1.82) is 5.26 Å². The smallest absolute Gasteiger partial charge is 0.330 e. The molecule has 4 heterocycles. The van der Waals surface area contributed by atoms with Gasteiger partial charge in [0, 0.05) is 40.4 Å². The number of rotatable bonds is 5. The molecule has 0 aliphatic carbocycles. The number of aromatic hydroxyl groups is 2. The number of esters is 1. The molecular formula is C35H35N3O7. The number of piperazine rings is 1. The molecule has 1 unspecified atom stereocenters. The van der Waals surface area contributed by atoms with Gasteiger partial charge in [-0.05, 0) is 56.5 Å². The third kappa shape index (κ3) is 4.41. The molecule has 0 amide bonds. The fourth-order valence-corrected chi connectivity index (χ4v) is 7.94. The second-order valence-corrected chi connectivity index (χ2v) is 12.1. The first kappa shape index (κ1) is 29.0. The summed E-state index contributed by atoms with van der Waals surface area (Å²) in [6.07, 6.45) is 3.98. The minimum Gasteiger partial charge on any atom is -0.507 e. The van der Waals surface area contributed by atoms with Crippen LogP contribution in [0.4, 0.5) is 0 Å². The minimum absolute atomic E-state index is 0.00211. The monoisotopic (exact) mass is 609 g/mol. The Kier molecular flexibility index (Phi) is 7.10.